The Hall–Kier alpha value is -3.71. The molecule has 0 bridgehead atoms. The van der Waals surface area contributed by atoms with Crippen molar-refractivity contribution in [3.8, 4) is 0 Å². The van der Waals surface area contributed by atoms with Crippen molar-refractivity contribution in [2.24, 2.45) is 5.11 Å². The number of fused-ring (bicyclic) bond motifs is 3. The molecule has 25 heavy (non-hydrogen) atoms. The summed E-state index contributed by atoms with van der Waals surface area (Å²) in [6.45, 7) is 0. The van der Waals surface area contributed by atoms with Gasteiger partial charge in [-0.05, 0) is 29.8 Å². The Morgan fingerprint density at radius 1 is 1.24 bits per heavy atom. The summed E-state index contributed by atoms with van der Waals surface area (Å²) < 4.78 is 15.9. The Bertz CT molecular complexity index is 1130. The van der Waals surface area contributed by atoms with Crippen LogP contribution in [0.3, 0.4) is 0 Å². The summed E-state index contributed by atoms with van der Waals surface area (Å²) in [6, 6.07) is 12.3. The van der Waals surface area contributed by atoms with Gasteiger partial charge in [0.05, 0.1) is 11.2 Å². The number of hydrogen-bond acceptors (Lipinski definition) is 5. The second-order valence-corrected chi connectivity index (χ2v) is 5.34. The van der Waals surface area contributed by atoms with Gasteiger partial charge in [0.1, 0.15) is 18.0 Å². The van der Waals surface area contributed by atoms with Gasteiger partial charge in [0.25, 0.3) is 5.78 Å². The lowest BCUT2D eigenvalue weighted by molar-refractivity contribution is 0.631. The maximum Gasteiger partial charge on any atom is 0.257 e. The number of hydrogen-bond donors (Lipinski definition) is 0. The number of azide groups is 1. The van der Waals surface area contributed by atoms with E-state index < -0.39 is 5.82 Å². The summed E-state index contributed by atoms with van der Waals surface area (Å²) >= 11 is 0. The van der Waals surface area contributed by atoms with Crippen molar-refractivity contribution in [3.05, 3.63) is 65.1 Å². The molecular weight excluding hydrogens is 323 g/mol. The molecule has 8 nitrogen and oxygen atoms in total. The molecule has 4 aromatic rings. The van der Waals surface area contributed by atoms with Gasteiger partial charge in [-0.15, -0.1) is 10.2 Å². The molecule has 0 saturated carbocycles. The number of aromatic nitrogens is 4. The van der Waals surface area contributed by atoms with E-state index in [1.54, 1.807) is 4.40 Å². The van der Waals surface area contributed by atoms with Crippen molar-refractivity contribution in [2.45, 2.75) is 0 Å². The fourth-order valence-corrected chi connectivity index (χ4v) is 2.71. The van der Waals surface area contributed by atoms with E-state index in [2.05, 4.69) is 25.2 Å². The minimum absolute atomic E-state index is 0.0930. The second-order valence-electron chi connectivity index (χ2n) is 5.34. The van der Waals surface area contributed by atoms with Crippen LogP contribution in [0.4, 0.5) is 21.6 Å². The molecule has 0 spiro atoms. The lowest BCUT2D eigenvalue weighted by Crippen LogP contribution is -2.13. The van der Waals surface area contributed by atoms with Gasteiger partial charge in [0.15, 0.2) is 0 Å². The van der Waals surface area contributed by atoms with Crippen LogP contribution in [-0.4, -0.2) is 26.6 Å². The van der Waals surface area contributed by atoms with Crippen molar-refractivity contribution >= 4 is 33.9 Å². The Morgan fingerprint density at radius 3 is 2.80 bits per heavy atom. The van der Waals surface area contributed by atoms with Gasteiger partial charge in [0, 0.05) is 23.0 Å². The molecule has 0 radical (unpaired) electrons. The number of para-hydroxylation sites is 1. The summed E-state index contributed by atoms with van der Waals surface area (Å²) in [5, 5.41) is 11.8. The molecular formula is C16H11FN8. The Kier molecular flexibility index (Phi) is 3.41. The molecule has 4 rings (SSSR count). The molecule has 0 fully saturated rings. The first kappa shape index (κ1) is 14.9. The number of nitrogens with zero attached hydrogens (tertiary/aromatic N) is 8. The standard InChI is InChI=1S/C16H11FN8/c1-24(10-5-3-2-4-6-10)15-11-7-12(17)13(21-23-18)8-14(11)25-9-19-22-16(25)20-15/h2-9H,1H3. The topological polar surface area (TPSA) is 95.1 Å². The van der Waals surface area contributed by atoms with Crippen LogP contribution >= 0.6 is 0 Å². The zero-order valence-electron chi connectivity index (χ0n) is 13.1. The van der Waals surface area contributed by atoms with Gasteiger partial charge in [-0.2, -0.15) is 4.98 Å². The van der Waals surface area contributed by atoms with Gasteiger partial charge < -0.3 is 4.90 Å². The highest BCUT2D eigenvalue weighted by Gasteiger charge is 2.16. The zero-order valence-corrected chi connectivity index (χ0v) is 13.1. The SMILES string of the molecule is CN(c1ccccc1)c1nc2nncn2c2cc(N=[N+]=[N-])c(F)cc12. The fraction of sp³-hybridized carbons (Fsp3) is 0.0625. The van der Waals surface area contributed by atoms with Crippen LogP contribution in [0.25, 0.3) is 27.1 Å². The van der Waals surface area contributed by atoms with Gasteiger partial charge in [-0.1, -0.05) is 23.3 Å². The van der Waals surface area contributed by atoms with Crippen molar-refractivity contribution < 1.29 is 4.39 Å². The van der Waals surface area contributed by atoms with Gasteiger partial charge in [-0.3, -0.25) is 4.40 Å². The minimum atomic E-state index is -0.623. The van der Waals surface area contributed by atoms with Crippen LogP contribution in [0.5, 0.6) is 0 Å². The molecule has 0 unspecified atom stereocenters. The Labute approximate surface area is 140 Å². The molecule has 2 aromatic heterocycles. The third-order valence-corrected chi connectivity index (χ3v) is 3.91. The summed E-state index contributed by atoms with van der Waals surface area (Å²) in [4.78, 5) is 9.00. The smallest absolute Gasteiger partial charge is 0.257 e. The quantitative estimate of drug-likeness (QED) is 0.320. The summed E-state index contributed by atoms with van der Waals surface area (Å²) in [5.74, 6) is 0.263. The zero-order chi connectivity index (χ0) is 17.4. The van der Waals surface area contributed by atoms with Crippen molar-refractivity contribution in [1.29, 1.82) is 0 Å². The predicted molar refractivity (Wildman–Crippen MR) is 91.6 cm³/mol. The first-order valence-electron chi connectivity index (χ1n) is 7.36. The van der Waals surface area contributed by atoms with Crippen LogP contribution < -0.4 is 4.90 Å². The van der Waals surface area contributed by atoms with Crippen molar-refractivity contribution in [3.63, 3.8) is 0 Å². The maximum atomic E-state index is 14.3. The largest absolute Gasteiger partial charge is 0.329 e. The molecule has 0 saturated heterocycles. The Balaban J connectivity index is 2.06. The average Bonchev–Trinajstić information content (AvgIpc) is 3.11. The fourth-order valence-electron chi connectivity index (χ4n) is 2.71. The van der Waals surface area contributed by atoms with E-state index >= 15 is 0 Å². The van der Waals surface area contributed by atoms with Gasteiger partial charge >= 0.3 is 0 Å². The molecule has 0 amide bonds. The highest BCUT2D eigenvalue weighted by atomic mass is 19.1. The lowest BCUT2D eigenvalue weighted by Gasteiger charge is -2.20. The van der Waals surface area contributed by atoms with E-state index in [9.17, 15) is 4.39 Å². The summed E-state index contributed by atoms with van der Waals surface area (Å²) in [7, 11) is 1.84. The second kappa shape index (κ2) is 5.73. The molecule has 2 heterocycles. The molecule has 0 aliphatic rings. The normalized spacial score (nSPS) is 10.8. The van der Waals surface area contributed by atoms with E-state index in [0.29, 0.717) is 22.5 Å². The van der Waals surface area contributed by atoms with E-state index in [1.165, 1.54) is 18.5 Å². The molecule has 9 heteroatoms. The Morgan fingerprint density at radius 2 is 2.04 bits per heavy atom. The van der Waals surface area contributed by atoms with Crippen molar-refractivity contribution in [1.82, 2.24) is 19.6 Å². The molecule has 122 valence electrons. The van der Waals surface area contributed by atoms with Gasteiger partial charge in [0.2, 0.25) is 0 Å². The van der Waals surface area contributed by atoms with Crippen molar-refractivity contribution in [2.75, 3.05) is 11.9 Å². The molecule has 0 aliphatic carbocycles. The monoisotopic (exact) mass is 334 g/mol. The van der Waals surface area contributed by atoms with Crippen LogP contribution in [-0.2, 0) is 0 Å². The third kappa shape index (κ3) is 2.39. The van der Waals surface area contributed by atoms with E-state index in [4.69, 9.17) is 5.53 Å². The lowest BCUT2D eigenvalue weighted by atomic mass is 10.2. The third-order valence-electron chi connectivity index (χ3n) is 3.91. The first-order chi connectivity index (χ1) is 12.2. The average molecular weight is 334 g/mol. The molecule has 2 aromatic carbocycles. The van der Waals surface area contributed by atoms with E-state index in [-0.39, 0.29) is 5.69 Å². The number of halogens is 1. The summed E-state index contributed by atoms with van der Waals surface area (Å²) in [6.07, 6.45) is 1.48. The highest BCUT2D eigenvalue weighted by molar-refractivity contribution is 5.95. The first-order valence-corrected chi connectivity index (χ1v) is 7.36. The molecule has 0 atom stereocenters. The van der Waals surface area contributed by atoms with E-state index in [1.807, 2.05) is 42.3 Å². The van der Waals surface area contributed by atoms with Crippen LogP contribution in [0.2, 0.25) is 0 Å². The predicted octanol–water partition coefficient (Wildman–Crippen LogP) is 4.13. The van der Waals surface area contributed by atoms with Gasteiger partial charge in [-0.25, -0.2) is 4.39 Å². The highest BCUT2D eigenvalue weighted by Crippen LogP contribution is 2.33. The number of anilines is 2. The number of rotatable bonds is 3. The van der Waals surface area contributed by atoms with Crippen LogP contribution in [0.1, 0.15) is 0 Å². The van der Waals surface area contributed by atoms with E-state index in [0.717, 1.165) is 5.69 Å². The minimum Gasteiger partial charge on any atom is -0.329 e. The summed E-state index contributed by atoms with van der Waals surface area (Å²) in [5.41, 5.74) is 10.0. The van der Waals surface area contributed by atoms with Crippen LogP contribution in [0.15, 0.2) is 53.9 Å². The van der Waals surface area contributed by atoms with Crippen LogP contribution in [0, 0.1) is 5.82 Å². The number of benzene rings is 2. The maximum absolute atomic E-state index is 14.3. The molecule has 0 aliphatic heterocycles. The molecule has 0 N–H and O–H groups in total.